The second-order valence-corrected chi connectivity index (χ2v) is 8.11. The number of nitrogens with zero attached hydrogens (tertiary/aromatic N) is 1. The van der Waals surface area contributed by atoms with Crippen molar-refractivity contribution >= 4 is 23.0 Å². The van der Waals surface area contributed by atoms with Crippen LogP contribution in [0.4, 0.5) is 0 Å². The fraction of sp³-hybridized carbons (Fsp3) is 0.647. The third-order valence-electron chi connectivity index (χ3n) is 4.30. The van der Waals surface area contributed by atoms with Crippen LogP contribution in [0.25, 0.3) is 0 Å². The van der Waals surface area contributed by atoms with Crippen molar-refractivity contribution in [2.75, 3.05) is 6.54 Å². The molecule has 1 N–H and O–H groups in total. The van der Waals surface area contributed by atoms with Gasteiger partial charge in [-0.25, -0.2) is 0 Å². The molecule has 1 amide bonds. The van der Waals surface area contributed by atoms with Crippen molar-refractivity contribution in [3.63, 3.8) is 0 Å². The summed E-state index contributed by atoms with van der Waals surface area (Å²) in [6, 6.07) is 1.77. The van der Waals surface area contributed by atoms with Crippen molar-refractivity contribution in [3.05, 3.63) is 21.4 Å². The maximum Gasteiger partial charge on any atom is 0.223 e. The van der Waals surface area contributed by atoms with Crippen molar-refractivity contribution in [2.24, 2.45) is 0 Å². The fourth-order valence-electron chi connectivity index (χ4n) is 3.21. The number of hydrogen-bond donors (Lipinski definition) is 1. The molecule has 1 aliphatic rings. The fourth-order valence-corrected chi connectivity index (χ4v) is 4.15. The number of amides is 1. The van der Waals surface area contributed by atoms with Crippen LogP contribution in [0.15, 0.2) is 6.07 Å². The zero-order valence-corrected chi connectivity index (χ0v) is 14.6. The predicted molar refractivity (Wildman–Crippen MR) is 88.4 cm³/mol. The van der Waals surface area contributed by atoms with E-state index in [2.05, 4.69) is 0 Å². The van der Waals surface area contributed by atoms with Crippen molar-refractivity contribution < 1.29 is 14.7 Å². The Hall–Kier alpha value is -1.20. The van der Waals surface area contributed by atoms with Gasteiger partial charge in [0.1, 0.15) is 0 Å². The van der Waals surface area contributed by atoms with Gasteiger partial charge in [0, 0.05) is 34.7 Å². The van der Waals surface area contributed by atoms with Crippen LogP contribution in [0, 0.1) is 13.8 Å². The second kappa shape index (κ2) is 6.50. The van der Waals surface area contributed by atoms with E-state index in [0.717, 1.165) is 28.2 Å². The molecule has 1 atom stereocenters. The SMILES string of the molecule is Cc1cc(C(=O)CCC(=O)N2CCCC2C(C)(C)O)c(C)s1. The summed E-state index contributed by atoms with van der Waals surface area (Å²) in [6.07, 6.45) is 2.20. The average Bonchev–Trinajstić information content (AvgIpc) is 3.01. The zero-order chi connectivity index (χ0) is 16.5. The van der Waals surface area contributed by atoms with E-state index in [1.807, 2.05) is 19.9 Å². The largest absolute Gasteiger partial charge is 0.388 e. The van der Waals surface area contributed by atoms with E-state index < -0.39 is 5.60 Å². The van der Waals surface area contributed by atoms with E-state index in [0.29, 0.717) is 6.54 Å². The summed E-state index contributed by atoms with van der Waals surface area (Å²) in [4.78, 5) is 28.5. The Morgan fingerprint density at radius 3 is 2.59 bits per heavy atom. The van der Waals surface area contributed by atoms with E-state index in [4.69, 9.17) is 0 Å². The molecule has 1 saturated heterocycles. The Morgan fingerprint density at radius 1 is 1.36 bits per heavy atom. The summed E-state index contributed by atoms with van der Waals surface area (Å²) in [7, 11) is 0. The van der Waals surface area contributed by atoms with Crippen LogP contribution in [0.1, 0.15) is 59.6 Å². The first-order chi connectivity index (χ1) is 10.2. The van der Waals surface area contributed by atoms with Gasteiger partial charge in [-0.05, 0) is 46.6 Å². The normalized spacial score (nSPS) is 18.8. The highest BCUT2D eigenvalue weighted by molar-refractivity contribution is 7.12. The topological polar surface area (TPSA) is 57.6 Å². The second-order valence-electron chi connectivity index (χ2n) is 6.65. The Bertz CT molecular complexity index is 571. The molecule has 1 aromatic heterocycles. The van der Waals surface area contributed by atoms with Crippen molar-refractivity contribution in [1.82, 2.24) is 4.90 Å². The van der Waals surface area contributed by atoms with Crippen LogP contribution >= 0.6 is 11.3 Å². The van der Waals surface area contributed by atoms with Gasteiger partial charge in [-0.1, -0.05) is 0 Å². The molecule has 2 heterocycles. The van der Waals surface area contributed by atoms with Crippen LogP contribution in [-0.2, 0) is 4.79 Å². The van der Waals surface area contributed by atoms with Gasteiger partial charge < -0.3 is 10.0 Å². The molecule has 5 heteroatoms. The molecule has 4 nitrogen and oxygen atoms in total. The quantitative estimate of drug-likeness (QED) is 0.847. The number of ketones is 1. The first-order valence-electron chi connectivity index (χ1n) is 7.82. The Kier molecular flexibility index (Phi) is 5.07. The van der Waals surface area contributed by atoms with Gasteiger partial charge >= 0.3 is 0 Å². The van der Waals surface area contributed by atoms with Crippen molar-refractivity contribution in [3.8, 4) is 0 Å². The molecule has 1 aromatic rings. The molecule has 1 aliphatic heterocycles. The molecule has 22 heavy (non-hydrogen) atoms. The molecule has 0 spiro atoms. The van der Waals surface area contributed by atoms with Crippen molar-refractivity contribution in [2.45, 2.75) is 65.0 Å². The summed E-state index contributed by atoms with van der Waals surface area (Å²) in [5.74, 6) is 0.0109. The minimum absolute atomic E-state index is 0.0254. The van der Waals surface area contributed by atoms with Gasteiger partial charge in [0.2, 0.25) is 5.91 Å². The maximum atomic E-state index is 12.4. The number of hydrogen-bond acceptors (Lipinski definition) is 4. The molecule has 1 unspecified atom stereocenters. The number of Topliss-reactive ketones (excluding diaryl/α,β-unsaturated/α-hetero) is 1. The van der Waals surface area contributed by atoms with Crippen LogP contribution in [0.3, 0.4) is 0 Å². The van der Waals surface area contributed by atoms with Crippen LogP contribution in [0.5, 0.6) is 0 Å². The lowest BCUT2D eigenvalue weighted by molar-refractivity contribution is -0.136. The number of thiophene rings is 1. The number of aryl methyl sites for hydroxylation is 2. The highest BCUT2D eigenvalue weighted by atomic mass is 32.1. The monoisotopic (exact) mass is 323 g/mol. The highest BCUT2D eigenvalue weighted by Crippen LogP contribution is 2.28. The predicted octanol–water partition coefficient (Wildman–Crippen LogP) is 3.09. The zero-order valence-electron chi connectivity index (χ0n) is 13.8. The van der Waals surface area contributed by atoms with Gasteiger partial charge in [-0.15, -0.1) is 11.3 Å². The minimum atomic E-state index is -0.892. The molecule has 0 aromatic carbocycles. The van der Waals surface area contributed by atoms with E-state index in [-0.39, 0.29) is 30.6 Å². The number of likely N-dealkylation sites (tertiary alicyclic amines) is 1. The molecule has 0 radical (unpaired) electrons. The number of carbonyl (C=O) groups excluding carboxylic acids is 2. The summed E-state index contributed by atoms with van der Waals surface area (Å²) in [5.41, 5.74) is -0.146. The van der Waals surface area contributed by atoms with Crippen molar-refractivity contribution in [1.29, 1.82) is 0 Å². The number of aliphatic hydroxyl groups is 1. The third kappa shape index (κ3) is 3.76. The molecule has 0 saturated carbocycles. The van der Waals surface area contributed by atoms with Crippen LogP contribution in [-0.4, -0.2) is 39.9 Å². The summed E-state index contributed by atoms with van der Waals surface area (Å²) in [5, 5.41) is 10.2. The summed E-state index contributed by atoms with van der Waals surface area (Å²) in [6.45, 7) is 8.09. The lowest BCUT2D eigenvalue weighted by atomic mass is 9.96. The highest BCUT2D eigenvalue weighted by Gasteiger charge is 2.38. The molecule has 0 bridgehead atoms. The molecule has 2 rings (SSSR count). The van der Waals surface area contributed by atoms with Gasteiger partial charge in [-0.3, -0.25) is 9.59 Å². The first-order valence-corrected chi connectivity index (χ1v) is 8.64. The Balaban J connectivity index is 1.95. The van der Waals surface area contributed by atoms with E-state index in [9.17, 15) is 14.7 Å². The number of rotatable bonds is 5. The third-order valence-corrected chi connectivity index (χ3v) is 5.26. The van der Waals surface area contributed by atoms with Gasteiger partial charge in [0.15, 0.2) is 5.78 Å². The molecule has 1 fully saturated rings. The van der Waals surface area contributed by atoms with E-state index in [1.54, 1.807) is 30.1 Å². The van der Waals surface area contributed by atoms with Crippen LogP contribution in [0.2, 0.25) is 0 Å². The Morgan fingerprint density at radius 2 is 2.05 bits per heavy atom. The van der Waals surface area contributed by atoms with Crippen LogP contribution < -0.4 is 0 Å². The van der Waals surface area contributed by atoms with E-state index in [1.165, 1.54) is 0 Å². The lowest BCUT2D eigenvalue weighted by Crippen LogP contribution is -2.48. The Labute approximate surface area is 136 Å². The first kappa shape index (κ1) is 17.2. The summed E-state index contributed by atoms with van der Waals surface area (Å²) < 4.78 is 0. The lowest BCUT2D eigenvalue weighted by Gasteiger charge is -2.33. The molecular weight excluding hydrogens is 298 g/mol. The van der Waals surface area contributed by atoms with Gasteiger partial charge in [0.05, 0.1) is 11.6 Å². The number of carbonyl (C=O) groups is 2. The molecular formula is C17H25NO3S. The summed E-state index contributed by atoms with van der Waals surface area (Å²) >= 11 is 1.61. The van der Waals surface area contributed by atoms with Gasteiger partial charge in [-0.2, -0.15) is 0 Å². The van der Waals surface area contributed by atoms with Gasteiger partial charge in [0.25, 0.3) is 0 Å². The maximum absolute atomic E-state index is 12.4. The minimum Gasteiger partial charge on any atom is -0.388 e. The standard InChI is InChI=1S/C17H25NO3S/c1-11-10-13(12(2)22-11)14(19)7-8-16(20)18-9-5-6-15(18)17(3,4)21/h10,15,21H,5-9H2,1-4H3. The molecule has 0 aliphatic carbocycles. The smallest absolute Gasteiger partial charge is 0.223 e. The molecule has 122 valence electrons. The van der Waals surface area contributed by atoms with E-state index >= 15 is 0 Å². The average molecular weight is 323 g/mol.